The van der Waals surface area contributed by atoms with E-state index in [4.69, 9.17) is 4.74 Å². The molecule has 2 nitrogen and oxygen atoms in total. The van der Waals surface area contributed by atoms with Crippen LogP contribution >= 0.6 is 0 Å². The van der Waals surface area contributed by atoms with E-state index in [1.807, 2.05) is 0 Å². The van der Waals surface area contributed by atoms with Crippen molar-refractivity contribution in [1.82, 2.24) is 0 Å². The Kier molecular flexibility index (Phi) is 1.79. The van der Waals surface area contributed by atoms with Gasteiger partial charge in [-0.1, -0.05) is 0 Å². The predicted octanol–water partition coefficient (Wildman–Crippen LogP) is 1.96. The summed E-state index contributed by atoms with van der Waals surface area (Å²) in [4.78, 5) is 0. The van der Waals surface area contributed by atoms with Crippen molar-refractivity contribution in [3.05, 3.63) is 0 Å². The van der Waals surface area contributed by atoms with Crippen molar-refractivity contribution < 1.29 is 9.84 Å². The number of hydrogen-bond acceptors (Lipinski definition) is 2. The minimum atomic E-state index is 0.0339. The minimum absolute atomic E-state index is 0.0339. The highest BCUT2D eigenvalue weighted by atomic mass is 16.6. The zero-order valence-electron chi connectivity index (χ0n) is 9.14. The van der Waals surface area contributed by atoms with Crippen molar-refractivity contribution in [2.45, 2.75) is 56.8 Å². The Labute approximate surface area is 91.0 Å². The number of rotatable bonds is 1. The average molecular weight is 208 g/mol. The third kappa shape index (κ3) is 1.31. The fourth-order valence-electron chi connectivity index (χ4n) is 4.73. The van der Waals surface area contributed by atoms with E-state index in [0.717, 1.165) is 24.2 Å². The highest BCUT2D eigenvalue weighted by Gasteiger charge is 2.52. The smallest absolute Gasteiger partial charge is 0.0844 e. The average Bonchev–Trinajstić information content (AvgIpc) is 2.77. The maximum absolute atomic E-state index is 9.97. The molecule has 2 bridgehead atoms. The van der Waals surface area contributed by atoms with E-state index in [-0.39, 0.29) is 6.10 Å². The molecule has 1 saturated heterocycles. The SMILES string of the molecule is OC1CC2CC1C(C1CCC3OC3C1)C2. The fourth-order valence-corrected chi connectivity index (χ4v) is 4.73. The molecule has 1 N–H and O–H groups in total. The van der Waals surface area contributed by atoms with Crippen LogP contribution in [0.5, 0.6) is 0 Å². The van der Waals surface area contributed by atoms with Crippen LogP contribution in [0, 0.1) is 23.7 Å². The third-order valence-corrected chi connectivity index (χ3v) is 5.48. The van der Waals surface area contributed by atoms with Crippen molar-refractivity contribution in [3.63, 3.8) is 0 Å². The summed E-state index contributed by atoms with van der Waals surface area (Å²) in [5, 5.41) is 9.97. The Morgan fingerprint density at radius 1 is 0.867 bits per heavy atom. The van der Waals surface area contributed by atoms with Crippen LogP contribution in [-0.4, -0.2) is 23.4 Å². The first-order chi connectivity index (χ1) is 7.31. The Morgan fingerprint density at radius 2 is 1.73 bits per heavy atom. The zero-order chi connectivity index (χ0) is 9.99. The first-order valence-corrected chi connectivity index (χ1v) is 6.65. The molecule has 0 radical (unpaired) electrons. The van der Waals surface area contributed by atoms with Crippen molar-refractivity contribution in [2.24, 2.45) is 23.7 Å². The zero-order valence-corrected chi connectivity index (χ0v) is 9.14. The van der Waals surface area contributed by atoms with Crippen LogP contribution in [0.4, 0.5) is 0 Å². The molecule has 1 heterocycles. The molecule has 0 aromatic rings. The van der Waals surface area contributed by atoms with Crippen LogP contribution in [0.2, 0.25) is 0 Å². The van der Waals surface area contributed by atoms with E-state index in [1.165, 1.54) is 32.1 Å². The van der Waals surface area contributed by atoms with E-state index < -0.39 is 0 Å². The Hall–Kier alpha value is -0.0800. The minimum Gasteiger partial charge on any atom is -0.393 e. The largest absolute Gasteiger partial charge is 0.393 e. The van der Waals surface area contributed by atoms with Gasteiger partial charge in [0.2, 0.25) is 0 Å². The monoisotopic (exact) mass is 208 g/mol. The second kappa shape index (κ2) is 2.98. The van der Waals surface area contributed by atoms with Gasteiger partial charge >= 0.3 is 0 Å². The molecule has 7 unspecified atom stereocenters. The van der Waals surface area contributed by atoms with Gasteiger partial charge in [0.1, 0.15) is 0 Å². The lowest BCUT2D eigenvalue weighted by molar-refractivity contribution is 0.0510. The van der Waals surface area contributed by atoms with Crippen LogP contribution in [0.15, 0.2) is 0 Å². The van der Waals surface area contributed by atoms with E-state index in [1.54, 1.807) is 0 Å². The molecule has 0 aromatic carbocycles. The van der Waals surface area contributed by atoms with Gasteiger partial charge in [-0.2, -0.15) is 0 Å². The molecular weight excluding hydrogens is 188 g/mol. The number of epoxide rings is 1. The second-order valence-electron chi connectivity index (χ2n) is 6.25. The molecule has 84 valence electrons. The summed E-state index contributed by atoms with van der Waals surface area (Å²) >= 11 is 0. The van der Waals surface area contributed by atoms with E-state index in [2.05, 4.69) is 0 Å². The van der Waals surface area contributed by atoms with Crippen molar-refractivity contribution in [1.29, 1.82) is 0 Å². The lowest BCUT2D eigenvalue weighted by Gasteiger charge is -2.34. The first-order valence-electron chi connectivity index (χ1n) is 6.65. The number of fused-ring (bicyclic) bond motifs is 3. The maximum atomic E-state index is 9.97. The Balaban J connectivity index is 1.49. The quantitative estimate of drug-likeness (QED) is 0.668. The molecular formula is C13H20O2. The number of ether oxygens (including phenoxy) is 1. The molecule has 3 saturated carbocycles. The molecule has 3 aliphatic carbocycles. The Morgan fingerprint density at radius 3 is 2.47 bits per heavy atom. The third-order valence-electron chi connectivity index (χ3n) is 5.48. The van der Waals surface area contributed by atoms with Gasteiger partial charge in [-0.15, -0.1) is 0 Å². The van der Waals surface area contributed by atoms with Gasteiger partial charge in [0.15, 0.2) is 0 Å². The number of aliphatic hydroxyl groups excluding tert-OH is 1. The van der Waals surface area contributed by atoms with E-state index in [0.29, 0.717) is 18.1 Å². The summed E-state index contributed by atoms with van der Waals surface area (Å²) in [5.41, 5.74) is 0. The summed E-state index contributed by atoms with van der Waals surface area (Å²) in [6.45, 7) is 0. The summed E-state index contributed by atoms with van der Waals surface area (Å²) in [6.07, 6.45) is 9.04. The maximum Gasteiger partial charge on any atom is 0.0844 e. The topological polar surface area (TPSA) is 32.8 Å². The summed E-state index contributed by atoms with van der Waals surface area (Å²) in [6, 6.07) is 0. The molecule has 4 rings (SSSR count). The highest BCUT2D eigenvalue weighted by molar-refractivity contribution is 5.01. The van der Waals surface area contributed by atoms with E-state index >= 15 is 0 Å². The normalized spacial score (nSPS) is 61.8. The predicted molar refractivity (Wildman–Crippen MR) is 56.3 cm³/mol. The number of aliphatic hydroxyl groups is 1. The van der Waals surface area contributed by atoms with Gasteiger partial charge in [-0.05, 0) is 62.2 Å². The molecule has 15 heavy (non-hydrogen) atoms. The fraction of sp³-hybridized carbons (Fsp3) is 1.00. The van der Waals surface area contributed by atoms with Gasteiger partial charge < -0.3 is 9.84 Å². The summed E-state index contributed by atoms with van der Waals surface area (Å²) in [5.74, 6) is 3.21. The summed E-state index contributed by atoms with van der Waals surface area (Å²) < 4.78 is 5.61. The molecule has 7 atom stereocenters. The molecule has 0 aromatic heterocycles. The van der Waals surface area contributed by atoms with Gasteiger partial charge in [0.25, 0.3) is 0 Å². The van der Waals surface area contributed by atoms with Crippen LogP contribution < -0.4 is 0 Å². The van der Waals surface area contributed by atoms with Gasteiger partial charge in [-0.25, -0.2) is 0 Å². The molecule has 0 spiro atoms. The number of hydrogen-bond donors (Lipinski definition) is 1. The second-order valence-corrected chi connectivity index (χ2v) is 6.25. The van der Waals surface area contributed by atoms with Crippen LogP contribution in [-0.2, 0) is 4.74 Å². The molecule has 1 aliphatic heterocycles. The van der Waals surface area contributed by atoms with Gasteiger partial charge in [-0.3, -0.25) is 0 Å². The van der Waals surface area contributed by atoms with Crippen molar-refractivity contribution in [3.8, 4) is 0 Å². The van der Waals surface area contributed by atoms with Crippen LogP contribution in [0.1, 0.15) is 38.5 Å². The van der Waals surface area contributed by atoms with Gasteiger partial charge in [0, 0.05) is 0 Å². The van der Waals surface area contributed by atoms with Crippen molar-refractivity contribution >= 4 is 0 Å². The lowest BCUT2D eigenvalue weighted by Crippen LogP contribution is -2.32. The Bertz CT molecular complexity index is 278. The molecule has 4 aliphatic rings. The first kappa shape index (κ1) is 9.00. The molecule has 4 fully saturated rings. The lowest BCUT2D eigenvalue weighted by atomic mass is 9.72. The van der Waals surface area contributed by atoms with Crippen LogP contribution in [0.3, 0.4) is 0 Å². The van der Waals surface area contributed by atoms with Crippen LogP contribution in [0.25, 0.3) is 0 Å². The van der Waals surface area contributed by atoms with E-state index in [9.17, 15) is 5.11 Å². The van der Waals surface area contributed by atoms with Gasteiger partial charge in [0.05, 0.1) is 18.3 Å². The molecule has 0 amide bonds. The standard InChI is InChI=1S/C13H20O2/c14-11-5-7-3-9(10(11)4-7)8-1-2-12-13(6-8)15-12/h7-14H,1-6H2. The molecule has 2 heteroatoms. The summed E-state index contributed by atoms with van der Waals surface area (Å²) in [7, 11) is 0. The van der Waals surface area contributed by atoms with Crippen molar-refractivity contribution in [2.75, 3.05) is 0 Å². The highest BCUT2D eigenvalue weighted by Crippen LogP contribution is 2.55.